The summed E-state index contributed by atoms with van der Waals surface area (Å²) in [6, 6.07) is 9.99. The molecule has 0 aliphatic rings. The van der Waals surface area contributed by atoms with E-state index in [9.17, 15) is 10.1 Å². The Balaban J connectivity index is 2.89. The fourth-order valence-electron chi connectivity index (χ4n) is 3.60. The van der Waals surface area contributed by atoms with E-state index in [1.165, 1.54) is 10.6 Å². The predicted octanol–water partition coefficient (Wildman–Crippen LogP) is 3.93. The largest absolute Gasteiger partial charge is 0.465 e. The van der Waals surface area contributed by atoms with E-state index in [4.69, 9.17) is 9.57 Å². The highest BCUT2D eigenvalue weighted by Gasteiger charge is 2.34. The molecule has 7 nitrogen and oxygen atoms in total. The predicted molar refractivity (Wildman–Crippen MR) is 128 cm³/mol. The maximum Gasteiger partial charge on any atom is 0.325 e. The van der Waals surface area contributed by atoms with Crippen molar-refractivity contribution in [1.82, 2.24) is 9.96 Å². The first-order valence-corrected chi connectivity index (χ1v) is 11.6. The number of carbonyl (C=O) groups is 1. The number of hydrogen-bond donors (Lipinski definition) is 2. The van der Waals surface area contributed by atoms with Gasteiger partial charge in [-0.2, -0.15) is 10.3 Å². The smallest absolute Gasteiger partial charge is 0.325 e. The van der Waals surface area contributed by atoms with Crippen molar-refractivity contribution in [1.29, 1.82) is 5.26 Å². The summed E-state index contributed by atoms with van der Waals surface area (Å²) in [5.74, 6) is -1.33. The second-order valence-corrected chi connectivity index (χ2v) is 7.84. The summed E-state index contributed by atoms with van der Waals surface area (Å²) in [7, 11) is 1.71. The lowest BCUT2D eigenvalue weighted by Gasteiger charge is -2.31. The minimum Gasteiger partial charge on any atom is -0.465 e. The second kappa shape index (κ2) is 15.1. The van der Waals surface area contributed by atoms with Crippen LogP contribution in [-0.4, -0.2) is 60.7 Å². The molecular weight excluding hydrogens is 412 g/mol. The SMILES string of the molecule is CCCN(CC)Cc1cccc(NC(C)CC(C(C#N)C(=O)OCC)N(C)OCS)c1. The molecule has 0 fully saturated rings. The van der Waals surface area contributed by atoms with Crippen LogP contribution in [0, 0.1) is 17.2 Å². The third-order valence-corrected chi connectivity index (χ3v) is 5.24. The van der Waals surface area contributed by atoms with Gasteiger partial charge in [-0.1, -0.05) is 26.0 Å². The number of esters is 1. The number of anilines is 1. The van der Waals surface area contributed by atoms with E-state index < -0.39 is 17.9 Å². The van der Waals surface area contributed by atoms with Crippen molar-refractivity contribution in [3.8, 4) is 6.07 Å². The van der Waals surface area contributed by atoms with Crippen LogP contribution >= 0.6 is 12.6 Å². The number of thiol groups is 1. The molecule has 1 aromatic carbocycles. The summed E-state index contributed by atoms with van der Waals surface area (Å²) in [5, 5.41) is 14.7. The monoisotopic (exact) mass is 450 g/mol. The van der Waals surface area contributed by atoms with Crippen LogP contribution in [0.5, 0.6) is 0 Å². The van der Waals surface area contributed by atoms with Gasteiger partial charge in [-0.25, -0.2) is 0 Å². The van der Waals surface area contributed by atoms with E-state index in [1.807, 2.05) is 13.0 Å². The zero-order valence-corrected chi connectivity index (χ0v) is 20.4. The highest BCUT2D eigenvalue weighted by Crippen LogP contribution is 2.21. The average molecular weight is 451 g/mol. The number of carbonyl (C=O) groups excluding carboxylic acids is 1. The van der Waals surface area contributed by atoms with Gasteiger partial charge in [0.05, 0.1) is 18.7 Å². The molecular formula is C23H38N4O3S. The minimum atomic E-state index is -0.951. The van der Waals surface area contributed by atoms with Crippen molar-refractivity contribution in [3.63, 3.8) is 0 Å². The van der Waals surface area contributed by atoms with Gasteiger partial charge in [-0.15, -0.1) is 12.6 Å². The first kappa shape index (κ1) is 27.2. The van der Waals surface area contributed by atoms with Gasteiger partial charge in [0.15, 0.2) is 5.92 Å². The lowest BCUT2D eigenvalue weighted by molar-refractivity contribution is -0.173. The van der Waals surface area contributed by atoms with Gasteiger partial charge in [0.25, 0.3) is 0 Å². The standard InChI is InChI=1S/C23H38N4O3S/c1-6-12-27(7-2)16-19-10-9-11-20(14-19)25-18(4)13-22(26(5)30-17-31)21(15-24)23(28)29-8-3/h9-11,14,18,21-22,25,31H,6-8,12-13,16-17H2,1-5H3. The number of nitrogens with zero attached hydrogens (tertiary/aromatic N) is 3. The zero-order valence-electron chi connectivity index (χ0n) is 19.5. The van der Waals surface area contributed by atoms with Gasteiger partial charge in [0, 0.05) is 25.3 Å². The van der Waals surface area contributed by atoms with Crippen molar-refractivity contribution in [2.75, 3.05) is 38.0 Å². The maximum absolute atomic E-state index is 12.3. The molecule has 174 valence electrons. The lowest BCUT2D eigenvalue weighted by atomic mass is 9.94. The van der Waals surface area contributed by atoms with Crippen LogP contribution < -0.4 is 5.32 Å². The van der Waals surface area contributed by atoms with E-state index in [0.29, 0.717) is 6.42 Å². The maximum atomic E-state index is 12.3. The molecule has 31 heavy (non-hydrogen) atoms. The number of hydroxylamine groups is 2. The number of benzene rings is 1. The first-order valence-electron chi connectivity index (χ1n) is 11.0. The van der Waals surface area contributed by atoms with E-state index >= 15 is 0 Å². The first-order chi connectivity index (χ1) is 14.9. The van der Waals surface area contributed by atoms with Gasteiger partial charge in [0.2, 0.25) is 0 Å². The van der Waals surface area contributed by atoms with Crippen LogP contribution in [-0.2, 0) is 20.9 Å². The highest BCUT2D eigenvalue weighted by molar-refractivity contribution is 7.80. The second-order valence-electron chi connectivity index (χ2n) is 7.58. The van der Waals surface area contributed by atoms with Gasteiger partial charge in [-0.3, -0.25) is 14.5 Å². The molecule has 3 atom stereocenters. The number of ether oxygens (including phenoxy) is 1. The van der Waals surface area contributed by atoms with E-state index in [2.05, 4.69) is 61.0 Å². The van der Waals surface area contributed by atoms with Gasteiger partial charge < -0.3 is 10.1 Å². The average Bonchev–Trinajstić information content (AvgIpc) is 2.73. The summed E-state index contributed by atoms with van der Waals surface area (Å²) in [5.41, 5.74) is 2.26. The molecule has 0 spiro atoms. The fraction of sp³-hybridized carbons (Fsp3) is 0.652. The molecule has 0 heterocycles. The Morgan fingerprint density at radius 2 is 2.06 bits per heavy atom. The summed E-state index contributed by atoms with van der Waals surface area (Å²) >= 11 is 4.09. The lowest BCUT2D eigenvalue weighted by Crippen LogP contribution is -2.44. The van der Waals surface area contributed by atoms with Crippen molar-refractivity contribution in [2.45, 2.75) is 59.2 Å². The quantitative estimate of drug-likeness (QED) is 0.181. The third-order valence-electron chi connectivity index (χ3n) is 5.12. The molecule has 0 saturated carbocycles. The number of nitrogens with one attached hydrogen (secondary N) is 1. The normalized spacial score (nSPS) is 14.2. The van der Waals surface area contributed by atoms with Crippen molar-refractivity contribution in [2.24, 2.45) is 5.92 Å². The van der Waals surface area contributed by atoms with Gasteiger partial charge in [0.1, 0.15) is 5.94 Å². The molecule has 0 aliphatic heterocycles. The van der Waals surface area contributed by atoms with E-state index in [0.717, 1.165) is 31.7 Å². The summed E-state index contributed by atoms with van der Waals surface area (Å²) < 4.78 is 5.10. The van der Waals surface area contributed by atoms with E-state index in [-0.39, 0.29) is 18.6 Å². The van der Waals surface area contributed by atoms with Gasteiger partial charge in [-0.05, 0) is 57.5 Å². The summed E-state index contributed by atoms with van der Waals surface area (Å²) in [4.78, 5) is 20.2. The van der Waals surface area contributed by atoms with Gasteiger partial charge >= 0.3 is 5.97 Å². The Bertz CT molecular complexity index is 698. The molecule has 0 amide bonds. The van der Waals surface area contributed by atoms with E-state index in [1.54, 1.807) is 14.0 Å². The molecule has 0 saturated heterocycles. The Morgan fingerprint density at radius 1 is 1.32 bits per heavy atom. The molecule has 8 heteroatoms. The number of nitriles is 1. The zero-order chi connectivity index (χ0) is 23.2. The van der Waals surface area contributed by atoms with Crippen LogP contribution in [0.2, 0.25) is 0 Å². The molecule has 1 N–H and O–H groups in total. The Morgan fingerprint density at radius 3 is 2.65 bits per heavy atom. The topological polar surface area (TPSA) is 77.8 Å². The summed E-state index contributed by atoms with van der Waals surface area (Å²) in [6.07, 6.45) is 1.65. The minimum absolute atomic E-state index is 0.00517. The van der Waals surface area contributed by atoms with Crippen LogP contribution in [0.25, 0.3) is 0 Å². The van der Waals surface area contributed by atoms with Crippen LogP contribution in [0.4, 0.5) is 5.69 Å². The fourth-order valence-corrected chi connectivity index (χ4v) is 3.78. The molecule has 0 aromatic heterocycles. The highest BCUT2D eigenvalue weighted by atomic mass is 32.1. The van der Waals surface area contributed by atoms with Crippen molar-refractivity contribution < 1.29 is 14.4 Å². The Hall–Kier alpha value is -1.79. The molecule has 0 bridgehead atoms. The molecule has 3 unspecified atom stereocenters. The number of hydrogen-bond acceptors (Lipinski definition) is 8. The van der Waals surface area contributed by atoms with Crippen LogP contribution in [0.15, 0.2) is 24.3 Å². The molecule has 1 rings (SSSR count). The number of rotatable bonds is 15. The van der Waals surface area contributed by atoms with Crippen LogP contribution in [0.1, 0.15) is 46.1 Å². The Kier molecular flexibility index (Phi) is 13.3. The molecule has 0 aliphatic carbocycles. The molecule has 1 aromatic rings. The third kappa shape index (κ3) is 9.48. The summed E-state index contributed by atoms with van der Waals surface area (Å²) in [6.45, 7) is 11.4. The molecule has 0 radical (unpaired) electrons. The Labute approximate surface area is 193 Å². The van der Waals surface area contributed by atoms with Crippen molar-refractivity contribution in [3.05, 3.63) is 29.8 Å². The van der Waals surface area contributed by atoms with Crippen LogP contribution in [0.3, 0.4) is 0 Å². The van der Waals surface area contributed by atoms with Crippen molar-refractivity contribution >= 4 is 24.3 Å².